The van der Waals surface area contributed by atoms with Gasteiger partial charge in [0.15, 0.2) is 0 Å². The Kier molecular flexibility index (Phi) is 5.38. The third-order valence-electron chi connectivity index (χ3n) is 3.36. The predicted octanol–water partition coefficient (Wildman–Crippen LogP) is 1.75. The minimum Gasteiger partial charge on any atom is -0.496 e. The van der Waals surface area contributed by atoms with Crippen LogP contribution in [0.15, 0.2) is 18.2 Å². The topological polar surface area (TPSA) is 56.8 Å². The maximum atomic E-state index is 12.1. The second kappa shape index (κ2) is 7.26. The van der Waals surface area contributed by atoms with E-state index in [9.17, 15) is 4.79 Å². The molecular formula is C15H21NO4. The molecular weight excluding hydrogens is 258 g/mol. The fraction of sp³-hybridized carbons (Fsp3) is 0.533. The van der Waals surface area contributed by atoms with Crippen molar-refractivity contribution < 1.29 is 19.0 Å². The van der Waals surface area contributed by atoms with Gasteiger partial charge in [0.05, 0.1) is 19.8 Å². The van der Waals surface area contributed by atoms with Crippen molar-refractivity contribution in [2.45, 2.75) is 25.6 Å². The number of hydrogen-bond donors (Lipinski definition) is 1. The van der Waals surface area contributed by atoms with E-state index in [1.165, 1.54) is 0 Å². The van der Waals surface area contributed by atoms with Crippen molar-refractivity contribution in [2.75, 3.05) is 27.4 Å². The van der Waals surface area contributed by atoms with Crippen molar-refractivity contribution in [2.24, 2.45) is 0 Å². The molecule has 1 aromatic rings. The van der Waals surface area contributed by atoms with E-state index in [0.717, 1.165) is 30.8 Å². The van der Waals surface area contributed by atoms with Gasteiger partial charge in [-0.3, -0.25) is 4.79 Å². The van der Waals surface area contributed by atoms with E-state index in [1.54, 1.807) is 32.4 Å². The summed E-state index contributed by atoms with van der Waals surface area (Å²) >= 11 is 0. The minimum atomic E-state index is -0.0968. The number of amides is 1. The summed E-state index contributed by atoms with van der Waals surface area (Å²) in [6, 6.07) is 5.34. The summed E-state index contributed by atoms with van der Waals surface area (Å²) in [4.78, 5) is 12.1. The third-order valence-corrected chi connectivity index (χ3v) is 3.36. The SMILES string of the molecule is COCc1cc(C(=O)NC[C@H]2CCCO2)ccc1OC. The Hall–Kier alpha value is -1.59. The molecule has 2 rings (SSSR count). The molecule has 1 atom stereocenters. The highest BCUT2D eigenvalue weighted by Crippen LogP contribution is 2.20. The van der Waals surface area contributed by atoms with E-state index in [-0.39, 0.29) is 12.0 Å². The first-order chi connectivity index (χ1) is 9.74. The van der Waals surface area contributed by atoms with E-state index in [2.05, 4.69) is 5.32 Å². The van der Waals surface area contributed by atoms with Crippen LogP contribution in [-0.4, -0.2) is 39.4 Å². The zero-order valence-electron chi connectivity index (χ0n) is 12.0. The summed E-state index contributed by atoms with van der Waals surface area (Å²) in [6.07, 6.45) is 2.23. The number of ether oxygens (including phenoxy) is 3. The van der Waals surface area contributed by atoms with Gasteiger partial charge in [0.25, 0.3) is 5.91 Å². The molecule has 0 aliphatic carbocycles. The molecule has 1 amide bonds. The average Bonchev–Trinajstić information content (AvgIpc) is 2.98. The van der Waals surface area contributed by atoms with Gasteiger partial charge in [-0.15, -0.1) is 0 Å². The lowest BCUT2D eigenvalue weighted by Crippen LogP contribution is -2.31. The summed E-state index contributed by atoms with van der Waals surface area (Å²) in [5.74, 6) is 0.628. The normalized spacial score (nSPS) is 18.0. The quantitative estimate of drug-likeness (QED) is 0.862. The number of methoxy groups -OCH3 is 2. The highest BCUT2D eigenvalue weighted by atomic mass is 16.5. The van der Waals surface area contributed by atoms with Gasteiger partial charge in [-0.2, -0.15) is 0 Å². The van der Waals surface area contributed by atoms with Crippen LogP contribution >= 0.6 is 0 Å². The molecule has 0 spiro atoms. The molecule has 0 saturated carbocycles. The van der Waals surface area contributed by atoms with Gasteiger partial charge in [0, 0.05) is 31.4 Å². The molecule has 0 aromatic heterocycles. The fourth-order valence-corrected chi connectivity index (χ4v) is 2.30. The molecule has 20 heavy (non-hydrogen) atoms. The van der Waals surface area contributed by atoms with Crippen molar-refractivity contribution in [1.29, 1.82) is 0 Å². The van der Waals surface area contributed by atoms with E-state index in [0.29, 0.717) is 18.7 Å². The molecule has 5 nitrogen and oxygen atoms in total. The highest BCUT2D eigenvalue weighted by Gasteiger charge is 2.17. The van der Waals surface area contributed by atoms with Gasteiger partial charge in [-0.1, -0.05) is 0 Å². The molecule has 5 heteroatoms. The average molecular weight is 279 g/mol. The smallest absolute Gasteiger partial charge is 0.251 e. The zero-order chi connectivity index (χ0) is 14.4. The largest absolute Gasteiger partial charge is 0.496 e. The number of hydrogen-bond acceptors (Lipinski definition) is 4. The molecule has 1 aromatic carbocycles. The van der Waals surface area contributed by atoms with Crippen LogP contribution < -0.4 is 10.1 Å². The van der Waals surface area contributed by atoms with Gasteiger partial charge >= 0.3 is 0 Å². The standard InChI is InChI=1S/C15H21NO4/c1-18-10-12-8-11(5-6-14(12)19-2)15(17)16-9-13-4-3-7-20-13/h5-6,8,13H,3-4,7,9-10H2,1-2H3,(H,16,17)/t13-/m1/s1. The first-order valence-electron chi connectivity index (χ1n) is 6.80. The van der Waals surface area contributed by atoms with Crippen molar-refractivity contribution in [3.8, 4) is 5.75 Å². The summed E-state index contributed by atoms with van der Waals surface area (Å²) < 4.78 is 15.8. The Balaban J connectivity index is 1.99. The second-order valence-corrected chi connectivity index (χ2v) is 4.80. The van der Waals surface area contributed by atoms with Gasteiger partial charge in [-0.25, -0.2) is 0 Å². The van der Waals surface area contributed by atoms with Crippen LogP contribution in [0.2, 0.25) is 0 Å². The predicted molar refractivity (Wildman–Crippen MR) is 75.0 cm³/mol. The molecule has 1 aliphatic heterocycles. The molecule has 0 radical (unpaired) electrons. The molecule has 1 heterocycles. The Morgan fingerprint density at radius 3 is 2.95 bits per heavy atom. The summed E-state index contributed by atoms with van der Waals surface area (Å²) in [5, 5.41) is 2.90. The lowest BCUT2D eigenvalue weighted by Gasteiger charge is -2.12. The summed E-state index contributed by atoms with van der Waals surface area (Å²) in [5.41, 5.74) is 1.47. The molecule has 1 N–H and O–H groups in total. The number of nitrogens with one attached hydrogen (secondary N) is 1. The van der Waals surface area contributed by atoms with Gasteiger partial charge in [0.2, 0.25) is 0 Å². The number of carbonyl (C=O) groups excluding carboxylic acids is 1. The Labute approximate surface area is 119 Å². The molecule has 1 saturated heterocycles. The maximum absolute atomic E-state index is 12.1. The van der Waals surface area contributed by atoms with Crippen LogP contribution in [0, 0.1) is 0 Å². The molecule has 110 valence electrons. The Morgan fingerprint density at radius 2 is 2.30 bits per heavy atom. The summed E-state index contributed by atoms with van der Waals surface area (Å²) in [7, 11) is 3.22. The molecule has 0 bridgehead atoms. The molecule has 1 aliphatic rings. The monoisotopic (exact) mass is 279 g/mol. The fourth-order valence-electron chi connectivity index (χ4n) is 2.30. The minimum absolute atomic E-state index is 0.0968. The van der Waals surface area contributed by atoms with E-state index >= 15 is 0 Å². The van der Waals surface area contributed by atoms with E-state index in [4.69, 9.17) is 14.2 Å². The highest BCUT2D eigenvalue weighted by molar-refractivity contribution is 5.94. The molecule has 0 unspecified atom stereocenters. The number of carbonyl (C=O) groups is 1. The Bertz CT molecular complexity index is 455. The summed E-state index contributed by atoms with van der Waals surface area (Å²) in [6.45, 7) is 1.77. The van der Waals surface area contributed by atoms with Gasteiger partial charge in [0.1, 0.15) is 5.75 Å². The van der Waals surface area contributed by atoms with Gasteiger partial charge in [-0.05, 0) is 31.0 Å². The lowest BCUT2D eigenvalue weighted by molar-refractivity contribution is 0.0857. The van der Waals surface area contributed by atoms with E-state index in [1.807, 2.05) is 0 Å². The second-order valence-electron chi connectivity index (χ2n) is 4.80. The third kappa shape index (κ3) is 3.71. The lowest BCUT2D eigenvalue weighted by atomic mass is 10.1. The van der Waals surface area contributed by atoms with Crippen LogP contribution in [0.4, 0.5) is 0 Å². The van der Waals surface area contributed by atoms with Crippen LogP contribution in [-0.2, 0) is 16.1 Å². The van der Waals surface area contributed by atoms with Crippen LogP contribution in [0.5, 0.6) is 5.75 Å². The van der Waals surface area contributed by atoms with Crippen LogP contribution in [0.3, 0.4) is 0 Å². The van der Waals surface area contributed by atoms with Gasteiger partial charge < -0.3 is 19.5 Å². The zero-order valence-corrected chi connectivity index (χ0v) is 12.0. The van der Waals surface area contributed by atoms with Crippen molar-refractivity contribution >= 4 is 5.91 Å². The first-order valence-corrected chi connectivity index (χ1v) is 6.80. The van der Waals surface area contributed by atoms with Crippen LogP contribution in [0.1, 0.15) is 28.8 Å². The number of benzene rings is 1. The van der Waals surface area contributed by atoms with Crippen molar-refractivity contribution in [3.63, 3.8) is 0 Å². The van der Waals surface area contributed by atoms with Crippen molar-refractivity contribution in [1.82, 2.24) is 5.32 Å². The first kappa shape index (κ1) is 14.8. The molecule has 1 fully saturated rings. The number of rotatable bonds is 6. The van der Waals surface area contributed by atoms with E-state index < -0.39 is 0 Å². The Morgan fingerprint density at radius 1 is 1.45 bits per heavy atom. The van der Waals surface area contributed by atoms with Crippen molar-refractivity contribution in [3.05, 3.63) is 29.3 Å². The maximum Gasteiger partial charge on any atom is 0.251 e. The van der Waals surface area contributed by atoms with Crippen LogP contribution in [0.25, 0.3) is 0 Å².